The van der Waals surface area contributed by atoms with E-state index in [9.17, 15) is 9.59 Å². The summed E-state index contributed by atoms with van der Waals surface area (Å²) in [5.41, 5.74) is 5.47. The number of aryl methyl sites for hydroxylation is 1. The lowest BCUT2D eigenvalue weighted by molar-refractivity contribution is 0.0693. The topological polar surface area (TPSA) is 45.6 Å². The monoisotopic (exact) mass is 369 g/mol. The fourth-order valence-electron chi connectivity index (χ4n) is 5.28. The summed E-state index contributed by atoms with van der Waals surface area (Å²) in [5.74, 6) is -0.395. The average Bonchev–Trinajstić information content (AvgIpc) is 3.26. The number of rotatable bonds is 0. The highest BCUT2D eigenvalue weighted by Crippen LogP contribution is 2.40. The normalized spacial score (nSPS) is 21.4. The third-order valence-electron chi connectivity index (χ3n) is 6.56. The molecule has 5 nitrogen and oxygen atoms in total. The number of hydrogen-bond acceptors (Lipinski definition) is 3. The summed E-state index contributed by atoms with van der Waals surface area (Å²) in [4.78, 5) is 29.8. The Morgan fingerprint density at radius 1 is 1.00 bits per heavy atom. The standard InChI is InChI=1S/C23H19N3O2/c1-24-14-10-6-4-8-12(14)16-18-19(23(28)26(3)22(18)27)17-13-9-5-7-11-15(13)25(2)21(17)20(16)24/h4-8,10-11,14H,9H2,1-3H3. The second kappa shape index (κ2) is 4.93. The van der Waals surface area contributed by atoms with Crippen molar-refractivity contribution in [3.8, 4) is 0 Å². The van der Waals surface area contributed by atoms with Crippen molar-refractivity contribution >= 4 is 40.1 Å². The number of fused-ring (bicyclic) bond motifs is 9. The molecule has 4 aliphatic rings. The van der Waals surface area contributed by atoms with E-state index < -0.39 is 0 Å². The highest BCUT2D eigenvalue weighted by atomic mass is 16.2. The second-order valence-corrected chi connectivity index (χ2v) is 7.84. The molecule has 5 heteroatoms. The summed E-state index contributed by atoms with van der Waals surface area (Å²) in [6, 6.07) is 0.0811. The first-order chi connectivity index (χ1) is 13.5. The van der Waals surface area contributed by atoms with Gasteiger partial charge in [-0.2, -0.15) is 0 Å². The number of nitrogens with zero attached hydrogens (tertiary/aromatic N) is 3. The van der Waals surface area contributed by atoms with Crippen LogP contribution in [0, 0.1) is 0 Å². The Kier molecular flexibility index (Phi) is 2.76. The summed E-state index contributed by atoms with van der Waals surface area (Å²) >= 11 is 0. The molecule has 1 unspecified atom stereocenters. The molecule has 0 spiro atoms. The summed E-state index contributed by atoms with van der Waals surface area (Å²) < 4.78 is 2.19. The maximum Gasteiger partial charge on any atom is 0.262 e. The number of imide groups is 1. The first kappa shape index (κ1) is 15.7. The second-order valence-electron chi connectivity index (χ2n) is 7.84. The van der Waals surface area contributed by atoms with E-state index >= 15 is 0 Å². The molecule has 1 aromatic carbocycles. The Bertz CT molecular complexity index is 1370. The van der Waals surface area contributed by atoms with E-state index in [1.54, 1.807) is 7.05 Å². The first-order valence-corrected chi connectivity index (χ1v) is 9.50. The van der Waals surface area contributed by atoms with Crippen LogP contribution >= 0.6 is 0 Å². The van der Waals surface area contributed by atoms with Crippen LogP contribution in [-0.2, 0) is 13.5 Å². The van der Waals surface area contributed by atoms with Crippen molar-refractivity contribution in [2.45, 2.75) is 12.5 Å². The zero-order valence-electron chi connectivity index (χ0n) is 16.0. The molecule has 1 atom stereocenters. The molecule has 2 aliphatic carbocycles. The van der Waals surface area contributed by atoms with E-state index in [1.165, 1.54) is 4.90 Å². The van der Waals surface area contributed by atoms with Gasteiger partial charge in [0.15, 0.2) is 0 Å². The Hall–Kier alpha value is -3.34. The van der Waals surface area contributed by atoms with Gasteiger partial charge in [0.25, 0.3) is 11.8 Å². The van der Waals surface area contributed by atoms with Crippen molar-refractivity contribution in [1.82, 2.24) is 9.47 Å². The number of carbonyl (C=O) groups excluding carboxylic acids is 2. The predicted molar refractivity (Wildman–Crippen MR) is 110 cm³/mol. The van der Waals surface area contributed by atoms with Gasteiger partial charge in [-0.05, 0) is 23.6 Å². The molecule has 0 fully saturated rings. The van der Waals surface area contributed by atoms with Crippen molar-refractivity contribution < 1.29 is 9.59 Å². The molecule has 2 amide bonds. The number of aromatic nitrogens is 1. The smallest absolute Gasteiger partial charge is 0.262 e. The molecular formula is C23H19N3O2. The summed E-state index contributed by atoms with van der Waals surface area (Å²) in [6.45, 7) is 0. The van der Waals surface area contributed by atoms with E-state index in [0.29, 0.717) is 11.1 Å². The lowest BCUT2D eigenvalue weighted by Crippen LogP contribution is -2.28. The Morgan fingerprint density at radius 2 is 1.79 bits per heavy atom. The minimum atomic E-state index is -0.199. The van der Waals surface area contributed by atoms with Gasteiger partial charge in [-0.1, -0.05) is 36.5 Å². The van der Waals surface area contributed by atoms with E-state index in [1.807, 2.05) is 12.2 Å². The van der Waals surface area contributed by atoms with Crippen LogP contribution < -0.4 is 15.5 Å². The average molecular weight is 369 g/mol. The third-order valence-corrected chi connectivity index (χ3v) is 6.56. The number of hydrogen-bond donors (Lipinski definition) is 0. The maximum atomic E-state index is 13.2. The number of benzene rings is 1. The first-order valence-electron chi connectivity index (χ1n) is 9.50. The van der Waals surface area contributed by atoms with Crippen molar-refractivity contribution in [2.24, 2.45) is 7.05 Å². The highest BCUT2D eigenvalue weighted by molar-refractivity contribution is 6.29. The van der Waals surface area contributed by atoms with Crippen LogP contribution in [-0.4, -0.2) is 41.4 Å². The largest absolute Gasteiger partial charge is 0.362 e. The van der Waals surface area contributed by atoms with Crippen LogP contribution in [0.25, 0.3) is 22.6 Å². The molecule has 28 heavy (non-hydrogen) atoms. The summed E-state index contributed by atoms with van der Waals surface area (Å²) in [5, 5.41) is 2.97. The van der Waals surface area contributed by atoms with Crippen molar-refractivity contribution in [3.63, 3.8) is 0 Å². The molecule has 0 N–H and O–H groups in total. The maximum absolute atomic E-state index is 13.2. The fourth-order valence-corrected chi connectivity index (χ4v) is 5.28. The predicted octanol–water partition coefficient (Wildman–Crippen LogP) is 1.39. The number of likely N-dealkylation sites (N-methyl/N-ethyl adjacent to an activating group) is 1. The van der Waals surface area contributed by atoms with Gasteiger partial charge in [0.2, 0.25) is 0 Å². The molecule has 2 aliphatic heterocycles. The number of carbonyl (C=O) groups is 2. The lowest BCUT2D eigenvalue weighted by Gasteiger charge is -2.24. The molecule has 6 rings (SSSR count). The van der Waals surface area contributed by atoms with Crippen molar-refractivity contribution in [3.05, 3.63) is 63.7 Å². The Morgan fingerprint density at radius 3 is 2.61 bits per heavy atom. The Labute approximate surface area is 161 Å². The van der Waals surface area contributed by atoms with E-state index in [2.05, 4.69) is 53.9 Å². The zero-order chi connectivity index (χ0) is 19.3. The van der Waals surface area contributed by atoms with Crippen LogP contribution in [0.2, 0.25) is 0 Å². The minimum Gasteiger partial charge on any atom is -0.362 e. The quantitative estimate of drug-likeness (QED) is 0.660. The van der Waals surface area contributed by atoms with Gasteiger partial charge in [-0.15, -0.1) is 0 Å². The van der Waals surface area contributed by atoms with E-state index in [4.69, 9.17) is 0 Å². The fraction of sp³-hybridized carbons (Fsp3) is 0.217. The van der Waals surface area contributed by atoms with Gasteiger partial charge in [-0.25, -0.2) is 0 Å². The SMILES string of the molecule is CN1C(=O)c2c(c3c4c(n(C)c3c3c2=C2C=CC=CC2N3C)=CC=CC4)C1=O. The highest BCUT2D eigenvalue weighted by Gasteiger charge is 2.42. The van der Waals surface area contributed by atoms with Crippen molar-refractivity contribution in [1.29, 1.82) is 0 Å². The molecule has 0 bridgehead atoms. The number of allylic oxidation sites excluding steroid dienone is 4. The minimum absolute atomic E-state index is 0.0811. The molecule has 1 aromatic heterocycles. The molecule has 2 aromatic rings. The van der Waals surface area contributed by atoms with Gasteiger partial charge in [0.1, 0.15) is 0 Å². The molecular weight excluding hydrogens is 350 g/mol. The Balaban J connectivity index is 1.95. The third kappa shape index (κ3) is 1.56. The number of anilines is 1. The van der Waals surface area contributed by atoms with Gasteiger partial charge in [0.05, 0.1) is 28.4 Å². The summed E-state index contributed by atoms with van der Waals surface area (Å²) in [6.07, 6.45) is 15.3. The molecule has 3 heterocycles. The summed E-state index contributed by atoms with van der Waals surface area (Å²) in [7, 11) is 5.72. The molecule has 138 valence electrons. The van der Waals surface area contributed by atoms with E-state index in [-0.39, 0.29) is 17.9 Å². The van der Waals surface area contributed by atoms with Gasteiger partial charge < -0.3 is 9.47 Å². The van der Waals surface area contributed by atoms with Crippen LogP contribution in [0.1, 0.15) is 26.3 Å². The van der Waals surface area contributed by atoms with Crippen LogP contribution in [0.4, 0.5) is 5.69 Å². The molecule has 0 radical (unpaired) electrons. The lowest BCUT2D eigenvalue weighted by atomic mass is 9.94. The molecule has 0 saturated carbocycles. The zero-order valence-corrected chi connectivity index (χ0v) is 16.0. The van der Waals surface area contributed by atoms with Crippen LogP contribution in [0.5, 0.6) is 0 Å². The van der Waals surface area contributed by atoms with Crippen molar-refractivity contribution in [2.75, 3.05) is 19.0 Å². The van der Waals surface area contributed by atoms with Gasteiger partial charge in [-0.3, -0.25) is 14.5 Å². The van der Waals surface area contributed by atoms with Crippen LogP contribution in [0.15, 0.2) is 36.5 Å². The van der Waals surface area contributed by atoms with E-state index in [0.717, 1.165) is 44.7 Å². The van der Waals surface area contributed by atoms with Gasteiger partial charge in [0, 0.05) is 37.1 Å². The van der Waals surface area contributed by atoms with Gasteiger partial charge >= 0.3 is 0 Å². The number of amides is 2. The van der Waals surface area contributed by atoms with Crippen LogP contribution in [0.3, 0.4) is 0 Å². The molecule has 0 saturated heterocycles.